The van der Waals surface area contributed by atoms with Gasteiger partial charge < -0.3 is 30.6 Å². The normalized spacial score (nSPS) is 13.9. The second kappa shape index (κ2) is 5.68. The Morgan fingerprint density at radius 1 is 0.368 bits per heavy atom. The molecule has 0 amide bonds. The van der Waals surface area contributed by atoms with Crippen LogP contribution in [0.15, 0.2) is 33.9 Å². The molecule has 0 heterocycles. The molecule has 38 heavy (non-hydrogen) atoms. The summed E-state index contributed by atoms with van der Waals surface area (Å²) in [6.45, 7) is 0. The first kappa shape index (κ1) is 19.9. The predicted molar refractivity (Wildman–Crippen MR) is 144 cm³/mol. The van der Waals surface area contributed by atoms with Crippen molar-refractivity contribution < 1.29 is 30.6 Å². The minimum atomic E-state index is -0.467. The fraction of sp³-hybridized carbons (Fsp3) is 0.0667. The molecule has 0 spiro atoms. The van der Waals surface area contributed by atoms with E-state index in [4.69, 9.17) is 0 Å². The van der Waals surface area contributed by atoms with E-state index in [1.54, 1.807) is 0 Å². The van der Waals surface area contributed by atoms with Crippen LogP contribution in [0, 0.1) is 0 Å². The third-order valence-corrected chi connectivity index (χ3v) is 8.68. The molecule has 182 valence electrons. The van der Waals surface area contributed by atoms with Crippen LogP contribution in [0.5, 0.6) is 34.5 Å². The highest BCUT2D eigenvalue weighted by molar-refractivity contribution is 6.52. The Morgan fingerprint density at radius 3 is 1.08 bits per heavy atom. The van der Waals surface area contributed by atoms with E-state index in [9.17, 15) is 40.2 Å². The van der Waals surface area contributed by atoms with Gasteiger partial charge in [-0.05, 0) is 46.9 Å². The largest absolute Gasteiger partial charge is 0.507 e. The number of phenols is 6. The first-order valence-electron chi connectivity index (χ1n) is 12.0. The molecule has 0 fully saturated rings. The molecule has 6 N–H and O–H groups in total. The van der Waals surface area contributed by atoms with Crippen LogP contribution < -0.4 is 10.9 Å². The number of aryl methyl sites for hydroxylation is 2. The maximum atomic E-state index is 13.5. The standard InChI is InChI=1S/C30H14O8/c31-9-3-7-1-2-8-4-10(32)20-24-16(8)15(7)23-19(9)29(37)21-13(35)5-11(33)17-18-12(34)6-14(36)22(30(20)38)26(18)28(24)27(23)25(17)21/h3-6,33-38H,1-2H2. The highest BCUT2D eigenvalue weighted by Crippen LogP contribution is 2.60. The molecule has 0 unspecified atom stereocenters. The average molecular weight is 502 g/mol. The molecule has 8 aromatic carbocycles. The second-order valence-corrected chi connectivity index (χ2v) is 10.3. The van der Waals surface area contributed by atoms with Gasteiger partial charge >= 0.3 is 0 Å². The molecule has 0 atom stereocenters. The number of fused-ring (bicyclic) bond motifs is 1. The Bertz CT molecular complexity index is 2370. The number of benzene rings is 8. The summed E-state index contributed by atoms with van der Waals surface area (Å²) in [5.41, 5.74) is 0.578. The van der Waals surface area contributed by atoms with Crippen molar-refractivity contribution in [1.82, 2.24) is 0 Å². The highest BCUT2D eigenvalue weighted by Gasteiger charge is 2.34. The van der Waals surface area contributed by atoms with Gasteiger partial charge in [0, 0.05) is 55.2 Å². The number of aromatic hydroxyl groups is 6. The molecule has 0 saturated heterocycles. The van der Waals surface area contributed by atoms with Crippen molar-refractivity contribution in [2.24, 2.45) is 0 Å². The summed E-state index contributed by atoms with van der Waals surface area (Å²) in [5, 5.41) is 70.2. The molecule has 0 aromatic heterocycles. The van der Waals surface area contributed by atoms with E-state index < -0.39 is 45.4 Å². The van der Waals surface area contributed by atoms with Crippen molar-refractivity contribution in [2.45, 2.75) is 12.8 Å². The maximum absolute atomic E-state index is 13.5. The number of rotatable bonds is 0. The molecular formula is C30H14O8. The van der Waals surface area contributed by atoms with Gasteiger partial charge in [-0.2, -0.15) is 0 Å². The van der Waals surface area contributed by atoms with Crippen molar-refractivity contribution in [3.8, 4) is 34.5 Å². The summed E-state index contributed by atoms with van der Waals surface area (Å²) in [6, 6.07) is 4.97. The van der Waals surface area contributed by atoms with Crippen LogP contribution in [0.1, 0.15) is 11.1 Å². The lowest BCUT2D eigenvalue weighted by atomic mass is 9.75. The summed E-state index contributed by atoms with van der Waals surface area (Å²) in [7, 11) is 0. The molecule has 8 nitrogen and oxygen atoms in total. The highest BCUT2D eigenvalue weighted by atomic mass is 16.3. The Hall–Kier alpha value is -5.24. The molecule has 8 aromatic rings. The van der Waals surface area contributed by atoms with E-state index >= 15 is 0 Å². The topological polar surface area (TPSA) is 156 Å². The third kappa shape index (κ3) is 1.78. The fourth-order valence-corrected chi connectivity index (χ4v) is 7.42. The smallest absolute Gasteiger partial charge is 0.190 e. The van der Waals surface area contributed by atoms with Gasteiger partial charge in [-0.3, -0.25) is 9.59 Å². The Kier molecular flexibility index (Phi) is 2.97. The summed E-state index contributed by atoms with van der Waals surface area (Å²) >= 11 is 0. The lowest BCUT2D eigenvalue weighted by molar-refractivity contribution is 0.450. The lowest BCUT2D eigenvalue weighted by Crippen LogP contribution is -2.13. The van der Waals surface area contributed by atoms with E-state index in [2.05, 4.69) is 0 Å². The van der Waals surface area contributed by atoms with E-state index in [1.807, 2.05) is 0 Å². The van der Waals surface area contributed by atoms with E-state index in [-0.39, 0.29) is 43.1 Å². The molecule has 8 heteroatoms. The Morgan fingerprint density at radius 2 is 0.684 bits per heavy atom. The fourth-order valence-electron chi connectivity index (χ4n) is 7.42. The molecule has 0 aliphatic heterocycles. The number of hydrogen-bond acceptors (Lipinski definition) is 8. The van der Waals surface area contributed by atoms with Gasteiger partial charge in [0.25, 0.3) is 0 Å². The van der Waals surface area contributed by atoms with Gasteiger partial charge in [0.2, 0.25) is 0 Å². The summed E-state index contributed by atoms with van der Waals surface area (Å²) in [5.74, 6) is -2.65. The quantitative estimate of drug-likeness (QED) is 0.130. The zero-order valence-electron chi connectivity index (χ0n) is 19.2. The van der Waals surface area contributed by atoms with Gasteiger partial charge in [0.05, 0.1) is 21.5 Å². The van der Waals surface area contributed by atoms with Crippen LogP contribution >= 0.6 is 0 Å². The zero-order valence-corrected chi connectivity index (χ0v) is 19.2. The van der Waals surface area contributed by atoms with Crippen molar-refractivity contribution >= 4 is 75.4 Å². The van der Waals surface area contributed by atoms with Crippen LogP contribution in [0.4, 0.5) is 0 Å². The predicted octanol–water partition coefficient (Wildman–Crippen LogP) is 4.56. The van der Waals surface area contributed by atoms with Crippen LogP contribution in [-0.2, 0) is 12.8 Å². The minimum absolute atomic E-state index is 0.00918. The average Bonchev–Trinajstić information content (AvgIpc) is 2.85. The monoisotopic (exact) mass is 502 g/mol. The summed E-state index contributed by atoms with van der Waals surface area (Å²) < 4.78 is 0. The summed E-state index contributed by atoms with van der Waals surface area (Å²) in [4.78, 5) is 26.9. The van der Waals surface area contributed by atoms with E-state index in [0.717, 1.165) is 23.3 Å². The third-order valence-electron chi connectivity index (χ3n) is 8.68. The lowest BCUT2D eigenvalue weighted by Gasteiger charge is -2.27. The van der Waals surface area contributed by atoms with Crippen LogP contribution in [-0.4, -0.2) is 30.6 Å². The van der Waals surface area contributed by atoms with Crippen molar-refractivity contribution in [3.63, 3.8) is 0 Å². The van der Waals surface area contributed by atoms with Crippen LogP contribution in [0.2, 0.25) is 0 Å². The SMILES string of the molecule is O=c1cc2c3c4c(cc(=O)c5c(O)c6c(O)cc(O)c7c8c(O)cc(O)c9c(O)c1c3c(c98)c(c67)c54)CC2. The molecule has 0 bridgehead atoms. The first-order chi connectivity index (χ1) is 18.2. The van der Waals surface area contributed by atoms with Gasteiger partial charge in [-0.25, -0.2) is 0 Å². The Labute approximate surface area is 209 Å². The molecule has 9 rings (SSSR count). The van der Waals surface area contributed by atoms with Gasteiger partial charge in [0.15, 0.2) is 10.9 Å². The van der Waals surface area contributed by atoms with Crippen LogP contribution in [0.3, 0.4) is 0 Å². The van der Waals surface area contributed by atoms with Gasteiger partial charge in [-0.1, -0.05) is 0 Å². The molecule has 1 aliphatic carbocycles. The van der Waals surface area contributed by atoms with Gasteiger partial charge in [0.1, 0.15) is 34.5 Å². The second-order valence-electron chi connectivity index (χ2n) is 10.3. The summed E-state index contributed by atoms with van der Waals surface area (Å²) in [6.07, 6.45) is 0.965. The zero-order chi connectivity index (χ0) is 26.1. The van der Waals surface area contributed by atoms with E-state index in [1.165, 1.54) is 12.1 Å². The van der Waals surface area contributed by atoms with Crippen LogP contribution in [0.25, 0.3) is 75.4 Å². The molecule has 1 aliphatic rings. The molecule has 0 radical (unpaired) electrons. The van der Waals surface area contributed by atoms with Gasteiger partial charge in [-0.15, -0.1) is 0 Å². The molecule has 0 saturated carbocycles. The number of phenolic OH excluding ortho intramolecular Hbond substituents is 6. The van der Waals surface area contributed by atoms with E-state index in [0.29, 0.717) is 45.2 Å². The molecular weight excluding hydrogens is 488 g/mol. The van der Waals surface area contributed by atoms with Crippen molar-refractivity contribution in [2.75, 3.05) is 0 Å². The maximum Gasteiger partial charge on any atom is 0.190 e. The van der Waals surface area contributed by atoms with Crippen molar-refractivity contribution in [3.05, 3.63) is 55.8 Å². The first-order valence-corrected chi connectivity index (χ1v) is 12.0. The minimum Gasteiger partial charge on any atom is -0.507 e. The van der Waals surface area contributed by atoms with Crippen molar-refractivity contribution in [1.29, 1.82) is 0 Å². The Balaban J connectivity index is 1.91. The number of hydrogen-bond donors (Lipinski definition) is 6.